The molecule has 1 N–H and O–H groups in total. The van der Waals surface area contributed by atoms with Crippen molar-refractivity contribution in [1.82, 2.24) is 9.62 Å². The van der Waals surface area contributed by atoms with Crippen molar-refractivity contribution < 1.29 is 26.3 Å². The number of hydrogen-bond acceptors (Lipinski definition) is 4. The van der Waals surface area contributed by atoms with E-state index in [2.05, 4.69) is 5.32 Å². The minimum absolute atomic E-state index is 0.0451. The van der Waals surface area contributed by atoms with Gasteiger partial charge in [-0.2, -0.15) is 4.31 Å². The quantitative estimate of drug-likeness (QED) is 0.821. The van der Waals surface area contributed by atoms with Crippen LogP contribution in [-0.4, -0.2) is 39.5 Å². The number of halogens is 3. The van der Waals surface area contributed by atoms with Gasteiger partial charge in [0.1, 0.15) is 16.5 Å². The summed E-state index contributed by atoms with van der Waals surface area (Å²) in [4.78, 5) is -0.891. The Balaban J connectivity index is 2.09. The van der Waals surface area contributed by atoms with Gasteiger partial charge in [0, 0.05) is 31.3 Å². The van der Waals surface area contributed by atoms with Crippen LogP contribution in [0.3, 0.4) is 0 Å². The van der Waals surface area contributed by atoms with Gasteiger partial charge in [0.25, 0.3) is 0 Å². The second-order valence-corrected chi connectivity index (χ2v) is 7.63. The predicted octanol–water partition coefficient (Wildman–Crippen LogP) is 2.45. The fourth-order valence-electron chi connectivity index (χ4n) is 3.01. The topological polar surface area (TPSA) is 58.6 Å². The molecule has 2 aromatic carbocycles. The second-order valence-electron chi connectivity index (χ2n) is 5.77. The maximum absolute atomic E-state index is 14.1. The van der Waals surface area contributed by atoms with E-state index in [1.54, 1.807) is 24.3 Å². The molecule has 1 saturated heterocycles. The van der Waals surface area contributed by atoms with Gasteiger partial charge in [-0.05, 0) is 12.1 Å². The average Bonchev–Trinajstić information content (AvgIpc) is 2.64. The lowest BCUT2D eigenvalue weighted by molar-refractivity contribution is 0.263. The first-order chi connectivity index (χ1) is 12.4. The molecule has 3 rings (SSSR count). The molecule has 9 heteroatoms. The van der Waals surface area contributed by atoms with Gasteiger partial charge in [0.15, 0.2) is 11.6 Å². The zero-order chi connectivity index (χ0) is 18.9. The van der Waals surface area contributed by atoms with Gasteiger partial charge in [-0.25, -0.2) is 21.6 Å². The van der Waals surface area contributed by atoms with Crippen molar-refractivity contribution >= 4 is 10.0 Å². The molecule has 5 nitrogen and oxygen atoms in total. The summed E-state index contributed by atoms with van der Waals surface area (Å²) in [6, 6.07) is 6.80. The standard InChI is InChI=1S/C17H17F3N2O3S/c1-25-16-5-3-2-4-11(16)15-10-21-6-7-22(15)26(23,24)17-9-13(19)12(18)8-14(17)20/h2-5,8-9,15,21H,6-7,10H2,1H3. The Kier molecular flexibility index (Phi) is 5.22. The van der Waals surface area contributed by atoms with Gasteiger partial charge < -0.3 is 10.1 Å². The summed E-state index contributed by atoms with van der Waals surface area (Å²) in [6.45, 7) is 0.657. The summed E-state index contributed by atoms with van der Waals surface area (Å²) >= 11 is 0. The van der Waals surface area contributed by atoms with Gasteiger partial charge in [0.2, 0.25) is 10.0 Å². The van der Waals surface area contributed by atoms with Crippen molar-refractivity contribution in [2.24, 2.45) is 0 Å². The summed E-state index contributed by atoms with van der Waals surface area (Å²) in [5.41, 5.74) is 0.591. The first-order valence-electron chi connectivity index (χ1n) is 7.86. The molecule has 1 atom stereocenters. The van der Waals surface area contributed by atoms with Crippen LogP contribution in [0.5, 0.6) is 5.75 Å². The monoisotopic (exact) mass is 386 g/mol. The molecule has 1 unspecified atom stereocenters. The molecule has 0 saturated carbocycles. The van der Waals surface area contributed by atoms with E-state index in [0.717, 1.165) is 4.31 Å². The predicted molar refractivity (Wildman–Crippen MR) is 88.8 cm³/mol. The highest BCUT2D eigenvalue weighted by atomic mass is 32.2. The number of rotatable bonds is 4. The molecular weight excluding hydrogens is 369 g/mol. The lowest BCUT2D eigenvalue weighted by Gasteiger charge is -2.36. The van der Waals surface area contributed by atoms with Crippen molar-refractivity contribution in [3.63, 3.8) is 0 Å². The van der Waals surface area contributed by atoms with E-state index in [-0.39, 0.29) is 19.2 Å². The molecule has 1 aliphatic rings. The molecule has 140 valence electrons. The third-order valence-corrected chi connectivity index (χ3v) is 6.18. The Morgan fingerprint density at radius 3 is 2.54 bits per heavy atom. The number of nitrogens with zero attached hydrogens (tertiary/aromatic N) is 1. The van der Waals surface area contributed by atoms with Gasteiger partial charge in [0.05, 0.1) is 13.2 Å². The fraction of sp³-hybridized carbons (Fsp3) is 0.294. The lowest BCUT2D eigenvalue weighted by atomic mass is 10.0. The van der Waals surface area contributed by atoms with Crippen LogP contribution in [0.1, 0.15) is 11.6 Å². The Morgan fingerprint density at radius 1 is 1.12 bits per heavy atom. The van der Waals surface area contributed by atoms with E-state index in [1.807, 2.05) is 0 Å². The first kappa shape index (κ1) is 18.7. The number of sulfonamides is 1. The number of benzene rings is 2. The van der Waals surface area contributed by atoms with Crippen molar-refractivity contribution in [3.05, 3.63) is 59.4 Å². The second kappa shape index (κ2) is 7.26. The van der Waals surface area contributed by atoms with Gasteiger partial charge in [-0.3, -0.25) is 0 Å². The fourth-order valence-corrected chi connectivity index (χ4v) is 4.67. The number of methoxy groups -OCH3 is 1. The summed E-state index contributed by atoms with van der Waals surface area (Å²) in [7, 11) is -2.94. The number of piperazine rings is 1. The van der Waals surface area contributed by atoms with Crippen molar-refractivity contribution in [3.8, 4) is 5.75 Å². The lowest BCUT2D eigenvalue weighted by Crippen LogP contribution is -2.48. The number of nitrogens with one attached hydrogen (secondary N) is 1. The van der Waals surface area contributed by atoms with E-state index in [0.29, 0.717) is 23.9 Å². The molecule has 0 bridgehead atoms. The smallest absolute Gasteiger partial charge is 0.246 e. The van der Waals surface area contributed by atoms with E-state index in [4.69, 9.17) is 4.74 Å². The minimum Gasteiger partial charge on any atom is -0.496 e. The van der Waals surface area contributed by atoms with Crippen LogP contribution < -0.4 is 10.1 Å². The highest BCUT2D eigenvalue weighted by Gasteiger charge is 2.37. The third kappa shape index (κ3) is 3.29. The Labute approximate surface area is 149 Å². The van der Waals surface area contributed by atoms with Crippen LogP contribution in [0.15, 0.2) is 41.3 Å². The van der Waals surface area contributed by atoms with Crippen LogP contribution in [0, 0.1) is 17.5 Å². The number of para-hydroxylation sites is 1. The number of ether oxygens (including phenoxy) is 1. The molecule has 2 aromatic rings. The van der Waals surface area contributed by atoms with E-state index >= 15 is 0 Å². The average molecular weight is 386 g/mol. The highest BCUT2D eigenvalue weighted by molar-refractivity contribution is 7.89. The molecule has 1 heterocycles. The zero-order valence-corrected chi connectivity index (χ0v) is 14.7. The SMILES string of the molecule is COc1ccccc1C1CNCCN1S(=O)(=O)c1cc(F)c(F)cc1F. The first-order valence-corrected chi connectivity index (χ1v) is 9.30. The Hall–Kier alpha value is -2.10. The van der Waals surface area contributed by atoms with Crippen LogP contribution in [0.4, 0.5) is 13.2 Å². The summed E-state index contributed by atoms with van der Waals surface area (Å²) in [5, 5.41) is 3.08. The van der Waals surface area contributed by atoms with Gasteiger partial charge >= 0.3 is 0 Å². The molecule has 0 radical (unpaired) electrons. The van der Waals surface area contributed by atoms with Crippen molar-refractivity contribution in [1.29, 1.82) is 0 Å². The molecule has 0 amide bonds. The Morgan fingerprint density at radius 2 is 1.81 bits per heavy atom. The normalized spacial score (nSPS) is 18.7. The third-order valence-electron chi connectivity index (χ3n) is 4.25. The van der Waals surface area contributed by atoms with E-state index in [9.17, 15) is 21.6 Å². The molecule has 1 fully saturated rings. The molecule has 0 aliphatic carbocycles. The summed E-state index contributed by atoms with van der Waals surface area (Å²) in [6.07, 6.45) is 0. The molecule has 0 aromatic heterocycles. The van der Waals surface area contributed by atoms with E-state index in [1.165, 1.54) is 7.11 Å². The zero-order valence-electron chi connectivity index (χ0n) is 13.9. The highest BCUT2D eigenvalue weighted by Crippen LogP contribution is 2.34. The largest absolute Gasteiger partial charge is 0.496 e. The molecule has 1 aliphatic heterocycles. The molecular formula is C17H17F3N2O3S. The van der Waals surface area contributed by atoms with Crippen LogP contribution in [0.25, 0.3) is 0 Å². The Bertz CT molecular complexity index is 921. The number of hydrogen-bond donors (Lipinski definition) is 1. The molecule has 26 heavy (non-hydrogen) atoms. The van der Waals surface area contributed by atoms with E-state index < -0.39 is 38.4 Å². The summed E-state index contributed by atoms with van der Waals surface area (Å²) < 4.78 is 73.2. The molecule has 0 spiro atoms. The van der Waals surface area contributed by atoms with Crippen LogP contribution >= 0.6 is 0 Å². The maximum atomic E-state index is 14.1. The maximum Gasteiger partial charge on any atom is 0.246 e. The van der Waals surface area contributed by atoms with Gasteiger partial charge in [-0.15, -0.1) is 0 Å². The van der Waals surface area contributed by atoms with Crippen molar-refractivity contribution in [2.75, 3.05) is 26.7 Å². The van der Waals surface area contributed by atoms with Gasteiger partial charge in [-0.1, -0.05) is 18.2 Å². The van der Waals surface area contributed by atoms with Crippen LogP contribution in [-0.2, 0) is 10.0 Å². The summed E-state index contributed by atoms with van der Waals surface area (Å²) in [5.74, 6) is -3.72. The van der Waals surface area contributed by atoms with Crippen LogP contribution in [0.2, 0.25) is 0 Å². The van der Waals surface area contributed by atoms with Crippen molar-refractivity contribution in [2.45, 2.75) is 10.9 Å². The minimum atomic E-state index is -4.40.